The average molecular weight is 316 g/mol. The molecule has 118 valence electrons. The molecule has 0 bridgehead atoms. The van der Waals surface area contributed by atoms with Crippen LogP contribution in [0.1, 0.15) is 56.5 Å². The van der Waals surface area contributed by atoms with Crippen molar-refractivity contribution in [3.8, 4) is 6.07 Å². The first-order valence-electron chi connectivity index (χ1n) is 7.96. The van der Waals surface area contributed by atoms with Gasteiger partial charge in [0, 0.05) is 29.0 Å². The number of hydrogen-bond donors (Lipinski definition) is 1. The van der Waals surface area contributed by atoms with Crippen LogP contribution >= 0.6 is 11.3 Å². The second-order valence-electron chi connectivity index (χ2n) is 7.50. The summed E-state index contributed by atoms with van der Waals surface area (Å²) in [5.41, 5.74) is 1.85. The Morgan fingerprint density at radius 2 is 1.95 bits per heavy atom. The lowest BCUT2D eigenvalue weighted by Gasteiger charge is -2.42. The highest BCUT2D eigenvalue weighted by atomic mass is 32.1. The molecule has 3 heterocycles. The van der Waals surface area contributed by atoms with Crippen LogP contribution in [0.15, 0.2) is 4.99 Å². The van der Waals surface area contributed by atoms with Gasteiger partial charge < -0.3 is 10.2 Å². The van der Waals surface area contributed by atoms with Crippen LogP contribution in [-0.4, -0.2) is 29.9 Å². The molecule has 0 atom stereocenters. The number of fused-ring (bicyclic) bond motifs is 1. The van der Waals surface area contributed by atoms with E-state index in [1.807, 2.05) is 6.34 Å². The van der Waals surface area contributed by atoms with Crippen LogP contribution in [0, 0.1) is 11.3 Å². The summed E-state index contributed by atoms with van der Waals surface area (Å²) in [7, 11) is 0. The first-order valence-corrected chi connectivity index (χ1v) is 8.78. The molecule has 1 aromatic heterocycles. The standard InChI is InChI=1S/C17H24N4S/c1-16(2)9-12-13(10-18)15(19-11-21-7-5-6-8-21)22-14(12)17(3,4)20-16/h11,20H,5-9H2,1-4H3. The monoisotopic (exact) mass is 316 g/mol. The van der Waals surface area contributed by atoms with Gasteiger partial charge in [0.2, 0.25) is 0 Å². The van der Waals surface area contributed by atoms with E-state index in [1.54, 1.807) is 11.3 Å². The largest absolute Gasteiger partial charge is 0.363 e. The van der Waals surface area contributed by atoms with Crippen molar-refractivity contribution in [3.05, 3.63) is 16.0 Å². The minimum absolute atomic E-state index is 0.000883. The lowest BCUT2D eigenvalue weighted by atomic mass is 9.81. The number of nitriles is 1. The third-order valence-electron chi connectivity index (χ3n) is 4.42. The first-order chi connectivity index (χ1) is 10.3. The van der Waals surface area contributed by atoms with E-state index in [2.05, 4.69) is 49.0 Å². The summed E-state index contributed by atoms with van der Waals surface area (Å²) in [4.78, 5) is 8.15. The first kappa shape index (κ1) is 15.5. The summed E-state index contributed by atoms with van der Waals surface area (Å²) < 4.78 is 0. The van der Waals surface area contributed by atoms with E-state index in [0.29, 0.717) is 0 Å². The second-order valence-corrected chi connectivity index (χ2v) is 8.50. The quantitative estimate of drug-likeness (QED) is 0.671. The molecule has 1 saturated heterocycles. The van der Waals surface area contributed by atoms with Crippen molar-refractivity contribution in [3.63, 3.8) is 0 Å². The van der Waals surface area contributed by atoms with Gasteiger partial charge in [-0.3, -0.25) is 0 Å². The molecule has 2 aliphatic heterocycles. The number of likely N-dealkylation sites (tertiary alicyclic amines) is 1. The van der Waals surface area contributed by atoms with E-state index >= 15 is 0 Å². The fourth-order valence-corrected chi connectivity index (χ4v) is 4.88. The highest BCUT2D eigenvalue weighted by molar-refractivity contribution is 7.16. The Morgan fingerprint density at radius 3 is 2.59 bits per heavy atom. The zero-order chi connectivity index (χ0) is 16.0. The van der Waals surface area contributed by atoms with E-state index in [0.717, 1.165) is 30.1 Å². The maximum atomic E-state index is 9.64. The molecule has 4 nitrogen and oxygen atoms in total. The average Bonchev–Trinajstić information content (AvgIpc) is 3.01. The molecule has 0 aromatic carbocycles. The third kappa shape index (κ3) is 2.78. The van der Waals surface area contributed by atoms with Crippen LogP contribution in [0.2, 0.25) is 0 Å². The van der Waals surface area contributed by atoms with E-state index in [-0.39, 0.29) is 11.1 Å². The number of thiophene rings is 1. The minimum atomic E-state index is -0.116. The van der Waals surface area contributed by atoms with Crippen LogP contribution in [0.3, 0.4) is 0 Å². The Labute approximate surface area is 136 Å². The Balaban J connectivity index is 2.00. The molecule has 0 amide bonds. The summed E-state index contributed by atoms with van der Waals surface area (Å²) in [6.07, 6.45) is 5.29. The second kappa shape index (κ2) is 5.36. The summed E-state index contributed by atoms with van der Waals surface area (Å²) in [5.74, 6) is 0. The zero-order valence-corrected chi connectivity index (χ0v) is 14.7. The Kier molecular flexibility index (Phi) is 3.78. The van der Waals surface area contributed by atoms with Gasteiger partial charge >= 0.3 is 0 Å². The van der Waals surface area contributed by atoms with E-state index in [4.69, 9.17) is 0 Å². The molecule has 1 fully saturated rings. The van der Waals surface area contributed by atoms with Crippen molar-refractivity contribution in [1.29, 1.82) is 5.26 Å². The van der Waals surface area contributed by atoms with Crippen molar-refractivity contribution in [1.82, 2.24) is 10.2 Å². The maximum Gasteiger partial charge on any atom is 0.136 e. The third-order valence-corrected chi connectivity index (χ3v) is 5.88. The van der Waals surface area contributed by atoms with Crippen molar-refractivity contribution in [2.45, 2.75) is 58.0 Å². The molecule has 3 rings (SSSR count). The van der Waals surface area contributed by atoms with Gasteiger partial charge in [0.25, 0.3) is 0 Å². The summed E-state index contributed by atoms with van der Waals surface area (Å²) in [5, 5.41) is 14.2. The summed E-state index contributed by atoms with van der Waals surface area (Å²) in [6, 6.07) is 2.41. The van der Waals surface area contributed by atoms with Crippen LogP contribution in [0.4, 0.5) is 5.00 Å². The molecule has 0 saturated carbocycles. The van der Waals surface area contributed by atoms with E-state index < -0.39 is 0 Å². The minimum Gasteiger partial charge on any atom is -0.363 e. The number of aliphatic imine (C=N–C) groups is 1. The van der Waals surface area contributed by atoms with Gasteiger partial charge in [-0.25, -0.2) is 4.99 Å². The van der Waals surface area contributed by atoms with Crippen molar-refractivity contribution < 1.29 is 0 Å². The molecular formula is C17H24N4S. The van der Waals surface area contributed by atoms with Crippen molar-refractivity contribution >= 4 is 22.7 Å². The molecule has 2 aliphatic rings. The van der Waals surface area contributed by atoms with Gasteiger partial charge in [-0.15, -0.1) is 11.3 Å². The molecule has 0 aliphatic carbocycles. The van der Waals surface area contributed by atoms with Gasteiger partial charge in [0.1, 0.15) is 11.1 Å². The number of rotatable bonds is 2. The highest BCUT2D eigenvalue weighted by Gasteiger charge is 2.40. The molecule has 0 spiro atoms. The van der Waals surface area contributed by atoms with Gasteiger partial charge in [0.05, 0.1) is 11.9 Å². The predicted octanol–water partition coefficient (Wildman–Crippen LogP) is 3.53. The molecular weight excluding hydrogens is 292 g/mol. The van der Waals surface area contributed by atoms with Crippen LogP contribution in [0.5, 0.6) is 0 Å². The van der Waals surface area contributed by atoms with Crippen LogP contribution in [0.25, 0.3) is 0 Å². The smallest absolute Gasteiger partial charge is 0.136 e. The van der Waals surface area contributed by atoms with Gasteiger partial charge in [-0.05, 0) is 52.5 Å². The fourth-order valence-electron chi connectivity index (χ4n) is 3.71. The Morgan fingerprint density at radius 1 is 1.27 bits per heavy atom. The number of nitrogens with zero attached hydrogens (tertiary/aromatic N) is 3. The predicted molar refractivity (Wildman–Crippen MR) is 91.9 cm³/mol. The zero-order valence-electron chi connectivity index (χ0n) is 13.9. The van der Waals surface area contributed by atoms with E-state index in [1.165, 1.54) is 23.3 Å². The summed E-state index contributed by atoms with van der Waals surface area (Å²) in [6.45, 7) is 10.9. The van der Waals surface area contributed by atoms with Crippen LogP contribution < -0.4 is 5.32 Å². The molecule has 0 unspecified atom stereocenters. The molecule has 5 heteroatoms. The van der Waals surface area contributed by atoms with E-state index in [9.17, 15) is 5.26 Å². The number of hydrogen-bond acceptors (Lipinski definition) is 4. The highest BCUT2D eigenvalue weighted by Crippen LogP contribution is 2.45. The van der Waals surface area contributed by atoms with Crippen molar-refractivity contribution in [2.75, 3.05) is 13.1 Å². The van der Waals surface area contributed by atoms with Gasteiger partial charge in [-0.1, -0.05) is 0 Å². The Hall–Kier alpha value is -1.38. The normalized spacial score (nSPS) is 22.8. The summed E-state index contributed by atoms with van der Waals surface area (Å²) >= 11 is 1.67. The van der Waals surface area contributed by atoms with Gasteiger partial charge in [0.15, 0.2) is 0 Å². The molecule has 1 aromatic rings. The van der Waals surface area contributed by atoms with Crippen LogP contribution in [-0.2, 0) is 12.0 Å². The topological polar surface area (TPSA) is 51.4 Å². The fraction of sp³-hybridized carbons (Fsp3) is 0.647. The molecule has 1 N–H and O–H groups in total. The molecule has 22 heavy (non-hydrogen) atoms. The SMILES string of the molecule is CC1(C)Cc2c(sc(N=CN3CCCC3)c2C#N)C(C)(C)N1. The molecule has 0 radical (unpaired) electrons. The lowest BCUT2D eigenvalue weighted by molar-refractivity contribution is 0.247. The maximum absolute atomic E-state index is 9.64. The number of nitrogens with one attached hydrogen (secondary N) is 1. The van der Waals surface area contributed by atoms with Gasteiger partial charge in [-0.2, -0.15) is 5.26 Å². The lowest BCUT2D eigenvalue weighted by Crippen LogP contribution is -2.54. The Bertz CT molecular complexity index is 642. The van der Waals surface area contributed by atoms with Crippen molar-refractivity contribution in [2.24, 2.45) is 4.99 Å².